The van der Waals surface area contributed by atoms with Crippen molar-refractivity contribution in [3.63, 3.8) is 0 Å². The Morgan fingerprint density at radius 2 is 2.28 bits per heavy atom. The maximum Gasteiger partial charge on any atom is 0.270 e. The minimum atomic E-state index is 0.628. The maximum atomic E-state index is 5.38. The molecule has 0 amide bonds. The number of piperazine rings is 1. The van der Waals surface area contributed by atoms with Crippen molar-refractivity contribution >= 4 is 29.0 Å². The van der Waals surface area contributed by atoms with Crippen LogP contribution in [0.5, 0.6) is 0 Å². The second kappa shape index (κ2) is 5.29. The molecule has 18 heavy (non-hydrogen) atoms. The first-order chi connectivity index (χ1) is 8.88. The summed E-state index contributed by atoms with van der Waals surface area (Å²) in [5, 5.41) is 9.44. The number of aromatic nitrogens is 2. The summed E-state index contributed by atoms with van der Waals surface area (Å²) in [6, 6.07) is 2.08. The quantitative estimate of drug-likeness (QED) is 0.868. The molecule has 96 valence electrons. The van der Waals surface area contributed by atoms with E-state index in [1.165, 1.54) is 4.90 Å². The van der Waals surface area contributed by atoms with Crippen LogP contribution in [0.2, 0.25) is 0 Å². The zero-order chi connectivity index (χ0) is 12.4. The Labute approximate surface area is 114 Å². The van der Waals surface area contributed by atoms with E-state index in [9.17, 15) is 0 Å². The molecule has 7 heteroatoms. The van der Waals surface area contributed by atoms with Crippen LogP contribution in [0.3, 0.4) is 0 Å². The van der Waals surface area contributed by atoms with Gasteiger partial charge in [-0.15, -0.1) is 23.1 Å². The molecule has 0 aromatic carbocycles. The summed E-state index contributed by atoms with van der Waals surface area (Å²) < 4.78 is 5.38. The molecule has 5 nitrogen and oxygen atoms in total. The summed E-state index contributed by atoms with van der Waals surface area (Å²) in [4.78, 5) is 8.91. The van der Waals surface area contributed by atoms with Gasteiger partial charge < -0.3 is 14.7 Å². The molecule has 0 aliphatic carbocycles. The summed E-state index contributed by atoms with van der Waals surface area (Å²) in [6.45, 7) is 3.80. The average molecular weight is 282 g/mol. The molecule has 1 N–H and O–H groups in total. The Balaban J connectivity index is 1.84. The lowest BCUT2D eigenvalue weighted by Gasteiger charge is -2.25. The van der Waals surface area contributed by atoms with Crippen LogP contribution in [-0.4, -0.2) is 42.6 Å². The van der Waals surface area contributed by atoms with E-state index in [2.05, 4.69) is 38.1 Å². The third kappa shape index (κ3) is 2.25. The fourth-order valence-corrected chi connectivity index (χ4v) is 3.58. The third-order valence-electron chi connectivity index (χ3n) is 2.86. The van der Waals surface area contributed by atoms with Crippen molar-refractivity contribution in [3.05, 3.63) is 11.4 Å². The normalized spacial score (nSPS) is 16.2. The number of nitrogens with one attached hydrogen (secondary N) is 1. The Morgan fingerprint density at radius 1 is 1.44 bits per heavy atom. The van der Waals surface area contributed by atoms with Gasteiger partial charge in [-0.2, -0.15) is 4.98 Å². The molecule has 2 aromatic heterocycles. The molecule has 1 fully saturated rings. The molecule has 1 saturated heterocycles. The van der Waals surface area contributed by atoms with Gasteiger partial charge in [-0.05, 0) is 22.9 Å². The maximum absolute atomic E-state index is 5.38. The molecule has 3 rings (SSSR count). The monoisotopic (exact) mass is 282 g/mol. The van der Waals surface area contributed by atoms with Gasteiger partial charge in [0.2, 0.25) is 0 Å². The zero-order valence-electron chi connectivity index (χ0n) is 10.0. The highest BCUT2D eigenvalue weighted by atomic mass is 32.2. The van der Waals surface area contributed by atoms with E-state index in [0.29, 0.717) is 11.8 Å². The molecule has 3 heterocycles. The molecule has 0 unspecified atom stereocenters. The molecular formula is C11H14N4OS2. The van der Waals surface area contributed by atoms with Crippen LogP contribution in [0.25, 0.3) is 10.8 Å². The number of hydrogen-bond donors (Lipinski definition) is 1. The van der Waals surface area contributed by atoms with Crippen molar-refractivity contribution in [1.82, 2.24) is 15.5 Å². The molecule has 0 atom stereocenters. The second-order valence-corrected chi connectivity index (χ2v) is 5.72. The van der Waals surface area contributed by atoms with Gasteiger partial charge in [-0.1, -0.05) is 0 Å². The number of thiophene rings is 1. The van der Waals surface area contributed by atoms with Crippen LogP contribution in [-0.2, 0) is 0 Å². The van der Waals surface area contributed by atoms with Crippen molar-refractivity contribution in [2.24, 2.45) is 0 Å². The van der Waals surface area contributed by atoms with Gasteiger partial charge in [-0.3, -0.25) is 0 Å². The van der Waals surface area contributed by atoms with Crippen LogP contribution in [0.4, 0.5) is 5.95 Å². The fraction of sp³-hybridized carbons (Fsp3) is 0.455. The van der Waals surface area contributed by atoms with Crippen molar-refractivity contribution in [2.45, 2.75) is 4.90 Å². The number of anilines is 1. The van der Waals surface area contributed by atoms with Crippen LogP contribution in [0.1, 0.15) is 0 Å². The Kier molecular flexibility index (Phi) is 3.53. The SMILES string of the molecule is CSc1ccsc1-c1nc(N2CCNCC2)no1. The molecule has 0 bridgehead atoms. The van der Waals surface area contributed by atoms with Gasteiger partial charge in [-0.25, -0.2) is 0 Å². The van der Waals surface area contributed by atoms with Gasteiger partial charge in [0.1, 0.15) is 4.88 Å². The van der Waals surface area contributed by atoms with Crippen LogP contribution in [0.15, 0.2) is 20.9 Å². The summed E-state index contributed by atoms with van der Waals surface area (Å²) >= 11 is 3.34. The van der Waals surface area contributed by atoms with E-state index in [1.807, 2.05) is 0 Å². The van der Waals surface area contributed by atoms with Crippen LogP contribution in [0, 0.1) is 0 Å². The molecule has 0 saturated carbocycles. The van der Waals surface area contributed by atoms with Gasteiger partial charge in [0.25, 0.3) is 11.8 Å². The van der Waals surface area contributed by atoms with Gasteiger partial charge in [0.15, 0.2) is 0 Å². The molecule has 0 spiro atoms. The number of thioether (sulfide) groups is 1. The van der Waals surface area contributed by atoms with Crippen LogP contribution < -0.4 is 10.2 Å². The van der Waals surface area contributed by atoms with Gasteiger partial charge in [0, 0.05) is 31.1 Å². The van der Waals surface area contributed by atoms with Crippen molar-refractivity contribution < 1.29 is 4.52 Å². The Morgan fingerprint density at radius 3 is 3.06 bits per heavy atom. The number of rotatable bonds is 3. The van der Waals surface area contributed by atoms with Gasteiger partial charge in [0.05, 0.1) is 0 Å². The number of nitrogens with zero attached hydrogens (tertiary/aromatic N) is 3. The fourth-order valence-electron chi connectivity index (χ4n) is 1.92. The minimum absolute atomic E-state index is 0.628. The highest BCUT2D eigenvalue weighted by molar-refractivity contribution is 7.98. The molecular weight excluding hydrogens is 268 g/mol. The molecule has 0 radical (unpaired) electrons. The zero-order valence-corrected chi connectivity index (χ0v) is 11.7. The van der Waals surface area contributed by atoms with E-state index < -0.39 is 0 Å². The van der Waals surface area contributed by atoms with Gasteiger partial charge >= 0.3 is 0 Å². The largest absolute Gasteiger partial charge is 0.336 e. The topological polar surface area (TPSA) is 54.2 Å². The summed E-state index contributed by atoms with van der Waals surface area (Å²) in [6.07, 6.45) is 2.05. The lowest BCUT2D eigenvalue weighted by molar-refractivity contribution is 0.427. The van der Waals surface area contributed by atoms with E-state index >= 15 is 0 Å². The Hall–Kier alpha value is -1.05. The van der Waals surface area contributed by atoms with E-state index in [-0.39, 0.29) is 0 Å². The second-order valence-electron chi connectivity index (χ2n) is 3.95. The first-order valence-corrected chi connectivity index (χ1v) is 7.90. The predicted molar refractivity (Wildman–Crippen MR) is 74.5 cm³/mol. The summed E-state index contributed by atoms with van der Waals surface area (Å²) in [5.74, 6) is 1.33. The van der Waals surface area contributed by atoms with Crippen molar-refractivity contribution in [2.75, 3.05) is 37.3 Å². The highest BCUT2D eigenvalue weighted by Crippen LogP contribution is 2.34. The molecule has 1 aliphatic rings. The van der Waals surface area contributed by atoms with Crippen molar-refractivity contribution in [3.8, 4) is 10.8 Å². The third-order valence-corrected chi connectivity index (χ3v) is 4.67. The summed E-state index contributed by atoms with van der Waals surface area (Å²) in [7, 11) is 0. The highest BCUT2D eigenvalue weighted by Gasteiger charge is 2.19. The lowest BCUT2D eigenvalue weighted by Crippen LogP contribution is -2.44. The summed E-state index contributed by atoms with van der Waals surface area (Å²) in [5.41, 5.74) is 0. The first-order valence-electron chi connectivity index (χ1n) is 5.79. The first kappa shape index (κ1) is 12.0. The van der Waals surface area contributed by atoms with E-state index in [1.54, 1.807) is 23.1 Å². The lowest BCUT2D eigenvalue weighted by atomic mass is 10.4. The van der Waals surface area contributed by atoms with Crippen LogP contribution >= 0.6 is 23.1 Å². The number of hydrogen-bond acceptors (Lipinski definition) is 7. The Bertz CT molecular complexity index is 519. The standard InChI is InChI=1S/C11H14N4OS2/c1-17-8-2-7-18-9(8)10-13-11(14-16-10)15-5-3-12-4-6-15/h2,7,12H,3-6H2,1H3. The molecule has 1 aliphatic heterocycles. The van der Waals surface area contributed by atoms with E-state index in [0.717, 1.165) is 31.1 Å². The minimum Gasteiger partial charge on any atom is -0.336 e. The van der Waals surface area contributed by atoms with Crippen molar-refractivity contribution in [1.29, 1.82) is 0 Å². The molecule has 2 aromatic rings. The predicted octanol–water partition coefficient (Wildman–Crippen LogP) is 1.93. The van der Waals surface area contributed by atoms with E-state index in [4.69, 9.17) is 4.52 Å². The smallest absolute Gasteiger partial charge is 0.270 e. The average Bonchev–Trinajstić information content (AvgIpc) is 3.08.